The van der Waals surface area contributed by atoms with Gasteiger partial charge < -0.3 is 5.11 Å². The Kier molecular flexibility index (Phi) is 6.01. The molecular formula is C24H32N2O. The first-order valence-corrected chi connectivity index (χ1v) is 9.96. The van der Waals surface area contributed by atoms with Crippen LogP contribution in [0.1, 0.15) is 55.9 Å². The number of phenolic OH excluding ortho intramolecular Hbond substituents is 1. The van der Waals surface area contributed by atoms with Gasteiger partial charge in [0, 0.05) is 29.9 Å². The summed E-state index contributed by atoms with van der Waals surface area (Å²) in [6.45, 7) is 11.4. The summed E-state index contributed by atoms with van der Waals surface area (Å²) in [6.07, 6.45) is 4.28. The molecule has 0 saturated carbocycles. The highest BCUT2D eigenvalue weighted by atomic mass is 16.3. The van der Waals surface area contributed by atoms with Crippen molar-refractivity contribution in [2.45, 2.75) is 58.5 Å². The molecule has 1 aliphatic heterocycles. The molecule has 3 rings (SSSR count). The van der Waals surface area contributed by atoms with Crippen molar-refractivity contribution in [3.8, 4) is 5.75 Å². The standard InChI is InChI=1S/C24H32N2O/c1-18-13-20(23(27)22(14-18)24(2,3)4)15-25-16-21-11-8-12-26(21)17-19-9-6-5-7-10-19/h5-7,9-10,13-15,21,27H,8,11-12,16-17H2,1-4H3/t21-/m0/s1. The van der Waals surface area contributed by atoms with E-state index in [1.165, 1.54) is 18.4 Å². The molecule has 3 nitrogen and oxygen atoms in total. The average Bonchev–Trinajstić information content (AvgIpc) is 3.04. The third-order valence-electron chi connectivity index (χ3n) is 5.37. The number of aromatic hydroxyl groups is 1. The maximum atomic E-state index is 10.7. The van der Waals surface area contributed by atoms with E-state index >= 15 is 0 Å². The highest BCUT2D eigenvalue weighted by Crippen LogP contribution is 2.33. The van der Waals surface area contributed by atoms with Crippen molar-refractivity contribution in [3.63, 3.8) is 0 Å². The van der Waals surface area contributed by atoms with Crippen LogP contribution >= 0.6 is 0 Å². The number of aryl methyl sites for hydroxylation is 1. The lowest BCUT2D eigenvalue weighted by Gasteiger charge is -2.23. The van der Waals surface area contributed by atoms with Crippen molar-refractivity contribution < 1.29 is 5.11 Å². The van der Waals surface area contributed by atoms with Gasteiger partial charge in [0.25, 0.3) is 0 Å². The van der Waals surface area contributed by atoms with Gasteiger partial charge in [-0.15, -0.1) is 0 Å². The van der Waals surface area contributed by atoms with Gasteiger partial charge in [0.2, 0.25) is 0 Å². The number of rotatable bonds is 5. The first-order chi connectivity index (χ1) is 12.8. The summed E-state index contributed by atoms with van der Waals surface area (Å²) in [5, 5.41) is 10.7. The van der Waals surface area contributed by atoms with Gasteiger partial charge in [0.05, 0.1) is 6.54 Å². The van der Waals surface area contributed by atoms with Gasteiger partial charge in [0.1, 0.15) is 5.75 Å². The molecule has 27 heavy (non-hydrogen) atoms. The molecule has 0 aliphatic carbocycles. The quantitative estimate of drug-likeness (QED) is 0.751. The Balaban J connectivity index is 1.69. The minimum Gasteiger partial charge on any atom is -0.507 e. The third-order valence-corrected chi connectivity index (χ3v) is 5.37. The lowest BCUT2D eigenvalue weighted by molar-refractivity contribution is 0.251. The van der Waals surface area contributed by atoms with Crippen LogP contribution in [0.15, 0.2) is 47.5 Å². The molecule has 3 heteroatoms. The number of phenols is 1. The van der Waals surface area contributed by atoms with Crippen LogP contribution in [0.4, 0.5) is 0 Å². The van der Waals surface area contributed by atoms with Crippen LogP contribution in [-0.2, 0) is 12.0 Å². The van der Waals surface area contributed by atoms with E-state index in [1.54, 1.807) is 0 Å². The van der Waals surface area contributed by atoms with E-state index in [-0.39, 0.29) is 5.41 Å². The van der Waals surface area contributed by atoms with Gasteiger partial charge in [-0.05, 0) is 48.9 Å². The molecule has 0 spiro atoms. The Hall–Kier alpha value is -2.13. The fourth-order valence-electron chi connectivity index (χ4n) is 3.88. The van der Waals surface area contributed by atoms with Crippen molar-refractivity contribution in [3.05, 3.63) is 64.7 Å². The van der Waals surface area contributed by atoms with E-state index < -0.39 is 0 Å². The van der Waals surface area contributed by atoms with Gasteiger partial charge in [0.15, 0.2) is 0 Å². The maximum absolute atomic E-state index is 10.7. The van der Waals surface area contributed by atoms with Crippen LogP contribution in [-0.4, -0.2) is 35.4 Å². The van der Waals surface area contributed by atoms with Crippen LogP contribution in [0, 0.1) is 6.92 Å². The molecule has 0 bridgehead atoms. The summed E-state index contributed by atoms with van der Waals surface area (Å²) >= 11 is 0. The smallest absolute Gasteiger partial charge is 0.128 e. The van der Waals surface area contributed by atoms with Crippen molar-refractivity contribution >= 4 is 6.21 Å². The SMILES string of the molecule is Cc1cc(C=NC[C@@H]2CCCN2Cc2ccccc2)c(O)c(C(C)(C)C)c1. The Labute approximate surface area is 163 Å². The fourth-order valence-corrected chi connectivity index (χ4v) is 3.88. The molecule has 2 aromatic carbocycles. The summed E-state index contributed by atoms with van der Waals surface area (Å²) in [5.74, 6) is 0.365. The Morgan fingerprint density at radius 1 is 1.19 bits per heavy atom. The zero-order valence-corrected chi connectivity index (χ0v) is 17.1. The van der Waals surface area contributed by atoms with Crippen molar-refractivity contribution in [1.29, 1.82) is 0 Å². The monoisotopic (exact) mass is 364 g/mol. The summed E-state index contributed by atoms with van der Waals surface area (Å²) < 4.78 is 0. The predicted octanol–water partition coefficient (Wildman–Crippen LogP) is 5.08. The molecule has 2 aromatic rings. The van der Waals surface area contributed by atoms with Gasteiger partial charge >= 0.3 is 0 Å². The number of nitrogens with zero attached hydrogens (tertiary/aromatic N) is 2. The molecule has 1 heterocycles. The summed E-state index contributed by atoms with van der Waals surface area (Å²) in [6, 6.07) is 15.2. The number of hydrogen-bond acceptors (Lipinski definition) is 3. The van der Waals surface area contributed by atoms with Crippen molar-refractivity contribution in [2.75, 3.05) is 13.1 Å². The molecule has 1 saturated heterocycles. The predicted molar refractivity (Wildman–Crippen MR) is 114 cm³/mol. The molecule has 0 amide bonds. The Morgan fingerprint density at radius 2 is 1.93 bits per heavy atom. The number of aliphatic imine (C=N–C) groups is 1. The van der Waals surface area contributed by atoms with Gasteiger partial charge in [-0.3, -0.25) is 9.89 Å². The molecular weight excluding hydrogens is 332 g/mol. The van der Waals surface area contributed by atoms with Gasteiger partial charge in [-0.25, -0.2) is 0 Å². The van der Waals surface area contributed by atoms with E-state index in [2.05, 4.69) is 69.0 Å². The van der Waals surface area contributed by atoms with Crippen LogP contribution in [0.25, 0.3) is 0 Å². The van der Waals surface area contributed by atoms with Crippen LogP contribution in [0.3, 0.4) is 0 Å². The molecule has 0 radical (unpaired) electrons. The normalized spacial score (nSPS) is 18.4. The Morgan fingerprint density at radius 3 is 2.63 bits per heavy atom. The highest BCUT2D eigenvalue weighted by molar-refractivity contribution is 5.84. The third kappa shape index (κ3) is 4.98. The molecule has 1 fully saturated rings. The molecule has 1 aliphatic rings. The second-order valence-corrected chi connectivity index (χ2v) is 8.75. The van der Waals surface area contributed by atoms with Crippen molar-refractivity contribution in [2.24, 2.45) is 4.99 Å². The van der Waals surface area contributed by atoms with Gasteiger partial charge in [-0.1, -0.05) is 57.2 Å². The second kappa shape index (κ2) is 8.26. The number of hydrogen-bond donors (Lipinski definition) is 1. The zero-order chi connectivity index (χ0) is 19.4. The van der Waals surface area contributed by atoms with Crippen molar-refractivity contribution in [1.82, 2.24) is 4.90 Å². The maximum Gasteiger partial charge on any atom is 0.128 e. The molecule has 1 N–H and O–H groups in total. The minimum absolute atomic E-state index is 0.0867. The van der Waals surface area contributed by atoms with Crippen LogP contribution in [0.5, 0.6) is 5.75 Å². The van der Waals surface area contributed by atoms with Crippen LogP contribution < -0.4 is 0 Å². The fraction of sp³-hybridized carbons (Fsp3) is 0.458. The first-order valence-electron chi connectivity index (χ1n) is 9.96. The molecule has 0 unspecified atom stereocenters. The zero-order valence-electron chi connectivity index (χ0n) is 17.1. The summed E-state index contributed by atoms with van der Waals surface area (Å²) in [5.41, 5.74) is 4.24. The highest BCUT2D eigenvalue weighted by Gasteiger charge is 2.24. The van der Waals surface area contributed by atoms with E-state index in [0.717, 1.165) is 36.3 Å². The largest absolute Gasteiger partial charge is 0.507 e. The van der Waals surface area contributed by atoms with E-state index in [4.69, 9.17) is 4.99 Å². The lowest BCUT2D eigenvalue weighted by atomic mass is 9.84. The number of likely N-dealkylation sites (tertiary alicyclic amines) is 1. The molecule has 1 atom stereocenters. The summed E-state index contributed by atoms with van der Waals surface area (Å²) in [4.78, 5) is 7.25. The molecule has 144 valence electrons. The topological polar surface area (TPSA) is 35.8 Å². The molecule has 0 aromatic heterocycles. The van der Waals surface area contributed by atoms with E-state index in [0.29, 0.717) is 11.8 Å². The van der Waals surface area contributed by atoms with Crippen LogP contribution in [0.2, 0.25) is 0 Å². The number of benzene rings is 2. The van der Waals surface area contributed by atoms with Gasteiger partial charge in [-0.2, -0.15) is 0 Å². The first kappa shape index (κ1) is 19.6. The van der Waals surface area contributed by atoms with E-state index in [9.17, 15) is 5.11 Å². The summed E-state index contributed by atoms with van der Waals surface area (Å²) in [7, 11) is 0. The minimum atomic E-state index is -0.0867. The average molecular weight is 365 g/mol. The Bertz CT molecular complexity index is 790. The lowest BCUT2D eigenvalue weighted by Crippen LogP contribution is -2.31. The second-order valence-electron chi connectivity index (χ2n) is 8.75. The van der Waals surface area contributed by atoms with E-state index in [1.807, 2.05) is 12.3 Å².